The summed E-state index contributed by atoms with van der Waals surface area (Å²) in [4.78, 5) is 0. The Labute approximate surface area is 104 Å². The van der Waals surface area contributed by atoms with Crippen molar-refractivity contribution in [2.45, 2.75) is 44.2 Å². The molecule has 0 spiro atoms. The first-order chi connectivity index (χ1) is 8.20. The van der Waals surface area contributed by atoms with E-state index in [-0.39, 0.29) is 5.60 Å². The van der Waals surface area contributed by atoms with E-state index >= 15 is 0 Å². The van der Waals surface area contributed by atoms with Crippen molar-refractivity contribution in [3.8, 4) is 0 Å². The molecule has 1 atom stereocenters. The molecule has 1 aliphatic carbocycles. The highest BCUT2D eigenvalue weighted by Crippen LogP contribution is 2.39. The second kappa shape index (κ2) is 5.19. The highest BCUT2D eigenvalue weighted by molar-refractivity contribution is 5.23. The highest BCUT2D eigenvalue weighted by atomic mass is 16.5. The third-order valence-corrected chi connectivity index (χ3v) is 4.15. The lowest BCUT2D eigenvalue weighted by Crippen LogP contribution is -2.56. The van der Waals surface area contributed by atoms with Gasteiger partial charge in [0.2, 0.25) is 0 Å². The Hall–Kier alpha value is -0.860. The van der Waals surface area contributed by atoms with Crippen LogP contribution in [-0.4, -0.2) is 25.8 Å². The molecule has 1 aromatic rings. The zero-order valence-corrected chi connectivity index (χ0v) is 11.1. The van der Waals surface area contributed by atoms with Crippen LogP contribution in [0.1, 0.15) is 30.4 Å². The minimum Gasteiger partial charge on any atom is -0.377 e. The maximum atomic E-state index is 5.76. The molecule has 2 nitrogen and oxygen atoms in total. The second-order valence-electron chi connectivity index (χ2n) is 5.15. The highest BCUT2D eigenvalue weighted by Gasteiger charge is 2.43. The molecule has 0 saturated heterocycles. The summed E-state index contributed by atoms with van der Waals surface area (Å²) < 4.78 is 5.76. The fraction of sp³-hybridized carbons (Fsp3) is 0.600. The van der Waals surface area contributed by atoms with E-state index in [1.54, 1.807) is 0 Å². The Morgan fingerprint density at radius 2 is 1.94 bits per heavy atom. The van der Waals surface area contributed by atoms with Gasteiger partial charge in [-0.1, -0.05) is 29.8 Å². The van der Waals surface area contributed by atoms with Crippen LogP contribution in [0.3, 0.4) is 0 Å². The van der Waals surface area contributed by atoms with E-state index in [9.17, 15) is 0 Å². The molecule has 0 amide bonds. The van der Waals surface area contributed by atoms with Crippen molar-refractivity contribution in [2.75, 3.05) is 14.2 Å². The zero-order valence-electron chi connectivity index (χ0n) is 11.1. The van der Waals surface area contributed by atoms with Gasteiger partial charge < -0.3 is 10.1 Å². The molecule has 17 heavy (non-hydrogen) atoms. The first kappa shape index (κ1) is 12.6. The van der Waals surface area contributed by atoms with E-state index in [2.05, 4.69) is 36.5 Å². The van der Waals surface area contributed by atoms with Gasteiger partial charge >= 0.3 is 0 Å². The minimum atomic E-state index is 0.0691. The van der Waals surface area contributed by atoms with Crippen molar-refractivity contribution < 1.29 is 4.74 Å². The molecular formula is C15H23NO. The lowest BCUT2D eigenvalue weighted by molar-refractivity contribution is -0.0966. The molecule has 1 N–H and O–H groups in total. The summed E-state index contributed by atoms with van der Waals surface area (Å²) in [7, 11) is 3.89. The van der Waals surface area contributed by atoms with Gasteiger partial charge in [0.25, 0.3) is 0 Å². The van der Waals surface area contributed by atoms with Crippen molar-refractivity contribution in [2.24, 2.45) is 0 Å². The van der Waals surface area contributed by atoms with Gasteiger partial charge in [0.1, 0.15) is 0 Å². The van der Waals surface area contributed by atoms with Gasteiger partial charge in [-0.25, -0.2) is 0 Å². The van der Waals surface area contributed by atoms with Gasteiger partial charge in [0.05, 0.1) is 5.60 Å². The molecule has 0 aromatic heterocycles. The lowest BCUT2D eigenvalue weighted by atomic mass is 9.72. The maximum absolute atomic E-state index is 5.76. The van der Waals surface area contributed by atoms with Gasteiger partial charge in [-0.05, 0) is 45.2 Å². The largest absolute Gasteiger partial charge is 0.377 e. The predicted octanol–water partition coefficient (Wildman–Crippen LogP) is 2.69. The molecule has 94 valence electrons. The van der Waals surface area contributed by atoms with Crippen LogP contribution in [-0.2, 0) is 11.2 Å². The molecule has 1 fully saturated rings. The zero-order chi connectivity index (χ0) is 12.3. The maximum Gasteiger partial charge on any atom is 0.0834 e. The predicted molar refractivity (Wildman–Crippen MR) is 71.3 cm³/mol. The third kappa shape index (κ3) is 2.53. The van der Waals surface area contributed by atoms with Crippen LogP contribution in [0.15, 0.2) is 24.3 Å². The van der Waals surface area contributed by atoms with Crippen LogP contribution in [0.25, 0.3) is 0 Å². The van der Waals surface area contributed by atoms with E-state index in [0.29, 0.717) is 6.04 Å². The number of hydrogen-bond donors (Lipinski definition) is 1. The molecule has 0 bridgehead atoms. The monoisotopic (exact) mass is 233 g/mol. The topological polar surface area (TPSA) is 21.3 Å². The molecule has 0 heterocycles. The van der Waals surface area contributed by atoms with Gasteiger partial charge in [-0.2, -0.15) is 0 Å². The molecule has 1 aromatic carbocycles. The summed E-state index contributed by atoms with van der Waals surface area (Å²) in [5, 5.41) is 3.43. The first-order valence-corrected chi connectivity index (χ1v) is 6.48. The number of nitrogens with one attached hydrogen (secondary N) is 1. The SMILES string of the molecule is CNC(Cc1ccc(C)cc1)C1(OC)CCC1. The van der Waals surface area contributed by atoms with E-state index in [0.717, 1.165) is 6.42 Å². The molecule has 1 aliphatic rings. The van der Waals surface area contributed by atoms with Crippen LogP contribution < -0.4 is 5.32 Å². The number of likely N-dealkylation sites (N-methyl/N-ethyl adjacent to an activating group) is 1. The van der Waals surface area contributed by atoms with Crippen LogP contribution in [0.5, 0.6) is 0 Å². The Kier molecular flexibility index (Phi) is 3.85. The number of ether oxygens (including phenoxy) is 1. The van der Waals surface area contributed by atoms with Crippen LogP contribution in [0.4, 0.5) is 0 Å². The third-order valence-electron chi connectivity index (χ3n) is 4.15. The number of hydrogen-bond acceptors (Lipinski definition) is 2. The molecule has 2 rings (SSSR count). The standard InChI is InChI=1S/C15H23NO/c1-12-5-7-13(8-6-12)11-14(16-2)15(17-3)9-4-10-15/h5-8,14,16H,4,9-11H2,1-3H3. The normalized spacial score (nSPS) is 19.7. The van der Waals surface area contributed by atoms with Gasteiger partial charge in [-0.3, -0.25) is 0 Å². The summed E-state index contributed by atoms with van der Waals surface area (Å²) in [5.74, 6) is 0. The molecular weight excluding hydrogens is 210 g/mol. The fourth-order valence-electron chi connectivity index (χ4n) is 2.73. The van der Waals surface area contributed by atoms with E-state index in [1.165, 1.54) is 30.4 Å². The molecule has 1 saturated carbocycles. The van der Waals surface area contributed by atoms with E-state index < -0.39 is 0 Å². The minimum absolute atomic E-state index is 0.0691. The average molecular weight is 233 g/mol. The Bertz CT molecular complexity index is 348. The van der Waals surface area contributed by atoms with E-state index in [1.807, 2.05) is 14.2 Å². The molecule has 0 radical (unpaired) electrons. The summed E-state index contributed by atoms with van der Waals surface area (Å²) in [6.45, 7) is 2.13. The van der Waals surface area contributed by atoms with Crippen molar-refractivity contribution in [1.82, 2.24) is 5.32 Å². The smallest absolute Gasteiger partial charge is 0.0834 e. The number of methoxy groups -OCH3 is 1. The summed E-state index contributed by atoms with van der Waals surface area (Å²) in [5.41, 5.74) is 2.78. The van der Waals surface area contributed by atoms with Crippen molar-refractivity contribution >= 4 is 0 Å². The number of aryl methyl sites for hydroxylation is 1. The first-order valence-electron chi connectivity index (χ1n) is 6.48. The molecule has 1 unspecified atom stereocenters. The van der Waals surface area contributed by atoms with Crippen molar-refractivity contribution in [1.29, 1.82) is 0 Å². The Morgan fingerprint density at radius 1 is 1.29 bits per heavy atom. The van der Waals surface area contributed by atoms with Crippen molar-refractivity contribution in [3.63, 3.8) is 0 Å². The second-order valence-corrected chi connectivity index (χ2v) is 5.15. The molecule has 0 aliphatic heterocycles. The van der Waals surface area contributed by atoms with E-state index in [4.69, 9.17) is 4.74 Å². The summed E-state index contributed by atoms with van der Waals surface area (Å²) >= 11 is 0. The van der Waals surface area contributed by atoms with Crippen LogP contribution in [0.2, 0.25) is 0 Å². The van der Waals surface area contributed by atoms with Crippen LogP contribution in [0, 0.1) is 6.92 Å². The number of benzene rings is 1. The summed E-state index contributed by atoms with van der Waals surface area (Å²) in [6.07, 6.45) is 4.70. The average Bonchev–Trinajstić information content (AvgIpc) is 2.29. The lowest BCUT2D eigenvalue weighted by Gasteiger charge is -2.46. The summed E-state index contributed by atoms with van der Waals surface area (Å²) in [6, 6.07) is 9.23. The fourth-order valence-corrected chi connectivity index (χ4v) is 2.73. The van der Waals surface area contributed by atoms with Crippen LogP contribution >= 0.6 is 0 Å². The quantitative estimate of drug-likeness (QED) is 0.844. The Morgan fingerprint density at radius 3 is 2.35 bits per heavy atom. The number of rotatable bonds is 5. The Balaban J connectivity index is 2.07. The van der Waals surface area contributed by atoms with Crippen molar-refractivity contribution in [3.05, 3.63) is 35.4 Å². The van der Waals surface area contributed by atoms with Gasteiger partial charge in [-0.15, -0.1) is 0 Å². The molecule has 2 heteroatoms. The van der Waals surface area contributed by atoms with Gasteiger partial charge in [0, 0.05) is 13.2 Å². The van der Waals surface area contributed by atoms with Gasteiger partial charge in [0.15, 0.2) is 0 Å².